The van der Waals surface area contributed by atoms with E-state index in [4.69, 9.17) is 9.84 Å². The fourth-order valence-electron chi connectivity index (χ4n) is 1.51. The molecule has 3 nitrogen and oxygen atoms in total. The molecule has 0 unspecified atom stereocenters. The monoisotopic (exact) mass is 206 g/mol. The second-order valence-electron chi connectivity index (χ2n) is 3.16. The van der Waals surface area contributed by atoms with Gasteiger partial charge in [0.2, 0.25) is 0 Å². The lowest BCUT2D eigenvalue weighted by molar-refractivity contribution is -0.136. The van der Waals surface area contributed by atoms with Gasteiger partial charge in [0.25, 0.3) is 0 Å². The molecule has 0 aliphatic carbocycles. The Bertz CT molecular complexity index is 369. The molecule has 1 rings (SSSR count). The topological polar surface area (TPSA) is 46.5 Å². The molecular weight excluding hydrogens is 192 g/mol. The van der Waals surface area contributed by atoms with Crippen molar-refractivity contribution in [2.45, 2.75) is 12.8 Å². The highest BCUT2D eigenvalue weighted by atomic mass is 16.5. The minimum absolute atomic E-state index is 0.0143. The second kappa shape index (κ2) is 5.20. The SMILES string of the molecule is C=CCc1c(CC(=O)O)cccc1OC. The molecule has 0 saturated carbocycles. The molecule has 0 spiro atoms. The maximum atomic E-state index is 10.7. The predicted octanol–water partition coefficient (Wildman–Crippen LogP) is 2.05. The fraction of sp³-hybridized carbons (Fsp3) is 0.250. The first-order chi connectivity index (χ1) is 7.19. The maximum Gasteiger partial charge on any atom is 0.307 e. The first-order valence-corrected chi connectivity index (χ1v) is 4.66. The molecule has 15 heavy (non-hydrogen) atoms. The summed E-state index contributed by atoms with van der Waals surface area (Å²) in [6.07, 6.45) is 2.37. The highest BCUT2D eigenvalue weighted by Crippen LogP contribution is 2.23. The minimum Gasteiger partial charge on any atom is -0.496 e. The van der Waals surface area contributed by atoms with Crippen LogP contribution in [0.3, 0.4) is 0 Å². The summed E-state index contributed by atoms with van der Waals surface area (Å²) in [5.41, 5.74) is 1.68. The van der Waals surface area contributed by atoms with Gasteiger partial charge in [-0.2, -0.15) is 0 Å². The predicted molar refractivity (Wildman–Crippen MR) is 58.2 cm³/mol. The van der Waals surface area contributed by atoms with Crippen LogP contribution in [0.2, 0.25) is 0 Å². The summed E-state index contributed by atoms with van der Waals surface area (Å²) in [6, 6.07) is 5.42. The summed E-state index contributed by atoms with van der Waals surface area (Å²) in [5, 5.41) is 8.76. The van der Waals surface area contributed by atoms with Crippen molar-refractivity contribution in [3.05, 3.63) is 42.0 Å². The van der Waals surface area contributed by atoms with E-state index in [0.29, 0.717) is 12.2 Å². The van der Waals surface area contributed by atoms with Gasteiger partial charge < -0.3 is 9.84 Å². The van der Waals surface area contributed by atoms with Crippen LogP contribution in [-0.2, 0) is 17.6 Å². The van der Waals surface area contributed by atoms with E-state index in [1.165, 1.54) is 0 Å². The number of allylic oxidation sites excluding steroid dienone is 1. The Morgan fingerprint density at radius 3 is 2.87 bits per heavy atom. The van der Waals surface area contributed by atoms with Crippen molar-refractivity contribution >= 4 is 5.97 Å². The van der Waals surface area contributed by atoms with Gasteiger partial charge in [0.15, 0.2) is 0 Å². The average molecular weight is 206 g/mol. The van der Waals surface area contributed by atoms with Crippen LogP contribution < -0.4 is 4.74 Å². The molecule has 1 aromatic rings. The van der Waals surface area contributed by atoms with Crippen molar-refractivity contribution < 1.29 is 14.6 Å². The lowest BCUT2D eigenvalue weighted by Crippen LogP contribution is -2.04. The number of methoxy groups -OCH3 is 1. The smallest absolute Gasteiger partial charge is 0.307 e. The van der Waals surface area contributed by atoms with Crippen molar-refractivity contribution in [1.82, 2.24) is 0 Å². The standard InChI is InChI=1S/C12H14O3/c1-3-5-10-9(8-12(13)14)6-4-7-11(10)15-2/h3-4,6-7H,1,5,8H2,2H3,(H,13,14). The number of hydrogen-bond donors (Lipinski definition) is 1. The Morgan fingerprint density at radius 1 is 1.60 bits per heavy atom. The molecule has 0 bridgehead atoms. The van der Waals surface area contributed by atoms with Gasteiger partial charge >= 0.3 is 5.97 Å². The van der Waals surface area contributed by atoms with Gasteiger partial charge in [-0.1, -0.05) is 18.2 Å². The zero-order chi connectivity index (χ0) is 11.3. The second-order valence-corrected chi connectivity index (χ2v) is 3.16. The number of ether oxygens (including phenoxy) is 1. The Labute approximate surface area is 89.0 Å². The molecule has 3 heteroatoms. The summed E-state index contributed by atoms with van der Waals surface area (Å²) in [5.74, 6) is -0.123. The van der Waals surface area contributed by atoms with Crippen LogP contribution in [0.25, 0.3) is 0 Å². The highest BCUT2D eigenvalue weighted by Gasteiger charge is 2.10. The molecule has 0 aromatic heterocycles. The molecule has 0 radical (unpaired) electrons. The summed E-state index contributed by atoms with van der Waals surface area (Å²) in [4.78, 5) is 10.7. The molecule has 0 fully saturated rings. The highest BCUT2D eigenvalue weighted by molar-refractivity contribution is 5.71. The number of carboxylic acids is 1. The number of hydrogen-bond acceptors (Lipinski definition) is 2. The molecule has 0 amide bonds. The summed E-state index contributed by atoms with van der Waals surface area (Å²) in [7, 11) is 1.58. The Hall–Kier alpha value is -1.77. The average Bonchev–Trinajstić information content (AvgIpc) is 2.20. The number of benzene rings is 1. The van der Waals surface area contributed by atoms with E-state index in [1.807, 2.05) is 6.07 Å². The molecule has 0 atom stereocenters. The van der Waals surface area contributed by atoms with E-state index >= 15 is 0 Å². The first kappa shape index (κ1) is 11.3. The van der Waals surface area contributed by atoms with Crippen LogP contribution in [-0.4, -0.2) is 18.2 Å². The molecule has 1 aromatic carbocycles. The minimum atomic E-state index is -0.839. The molecule has 0 aliphatic rings. The maximum absolute atomic E-state index is 10.7. The van der Waals surface area contributed by atoms with Crippen LogP contribution >= 0.6 is 0 Å². The Morgan fingerprint density at radius 2 is 2.33 bits per heavy atom. The number of carbonyl (C=O) groups is 1. The van der Waals surface area contributed by atoms with Crippen LogP contribution in [0.4, 0.5) is 0 Å². The third-order valence-corrected chi connectivity index (χ3v) is 2.14. The van der Waals surface area contributed by atoms with E-state index in [0.717, 1.165) is 11.1 Å². The van der Waals surface area contributed by atoms with Gasteiger partial charge in [0.05, 0.1) is 13.5 Å². The van der Waals surface area contributed by atoms with Gasteiger partial charge in [-0.05, 0) is 18.1 Å². The third-order valence-electron chi connectivity index (χ3n) is 2.14. The Balaban J connectivity index is 3.11. The van der Waals surface area contributed by atoms with Crippen molar-refractivity contribution in [2.24, 2.45) is 0 Å². The zero-order valence-electron chi connectivity index (χ0n) is 8.69. The van der Waals surface area contributed by atoms with Crippen LogP contribution in [0, 0.1) is 0 Å². The number of carboxylic acid groups (broad SMARTS) is 1. The van der Waals surface area contributed by atoms with Gasteiger partial charge in [-0.15, -0.1) is 6.58 Å². The van der Waals surface area contributed by atoms with Crippen molar-refractivity contribution in [2.75, 3.05) is 7.11 Å². The van der Waals surface area contributed by atoms with Crippen molar-refractivity contribution in [3.63, 3.8) is 0 Å². The van der Waals surface area contributed by atoms with Gasteiger partial charge in [-0.25, -0.2) is 0 Å². The molecular formula is C12H14O3. The lowest BCUT2D eigenvalue weighted by Gasteiger charge is -2.10. The van der Waals surface area contributed by atoms with Crippen LogP contribution in [0.15, 0.2) is 30.9 Å². The van der Waals surface area contributed by atoms with E-state index in [-0.39, 0.29) is 6.42 Å². The van der Waals surface area contributed by atoms with Gasteiger partial charge in [0.1, 0.15) is 5.75 Å². The molecule has 80 valence electrons. The summed E-state index contributed by atoms with van der Waals surface area (Å²) in [6.45, 7) is 3.65. The van der Waals surface area contributed by atoms with Gasteiger partial charge in [-0.3, -0.25) is 4.79 Å². The number of rotatable bonds is 5. The van der Waals surface area contributed by atoms with E-state index in [9.17, 15) is 4.79 Å². The van der Waals surface area contributed by atoms with Crippen molar-refractivity contribution in [3.8, 4) is 5.75 Å². The van der Waals surface area contributed by atoms with Gasteiger partial charge in [0, 0.05) is 5.56 Å². The normalized spacial score (nSPS) is 9.67. The first-order valence-electron chi connectivity index (χ1n) is 4.66. The molecule has 0 heterocycles. The quantitative estimate of drug-likeness (QED) is 0.750. The summed E-state index contributed by atoms with van der Waals surface area (Å²) >= 11 is 0. The summed E-state index contributed by atoms with van der Waals surface area (Å²) < 4.78 is 5.18. The molecule has 0 aliphatic heterocycles. The Kier molecular flexibility index (Phi) is 3.92. The van der Waals surface area contributed by atoms with E-state index in [1.54, 1.807) is 25.3 Å². The molecule has 0 saturated heterocycles. The fourth-order valence-corrected chi connectivity index (χ4v) is 1.51. The number of aliphatic carboxylic acids is 1. The third kappa shape index (κ3) is 2.84. The van der Waals surface area contributed by atoms with E-state index < -0.39 is 5.97 Å². The molecule has 1 N–H and O–H groups in total. The zero-order valence-corrected chi connectivity index (χ0v) is 8.69. The largest absolute Gasteiger partial charge is 0.496 e. The van der Waals surface area contributed by atoms with Crippen LogP contribution in [0.5, 0.6) is 5.75 Å². The van der Waals surface area contributed by atoms with E-state index in [2.05, 4.69) is 6.58 Å². The lowest BCUT2D eigenvalue weighted by atomic mass is 10.0. The van der Waals surface area contributed by atoms with Crippen LogP contribution in [0.1, 0.15) is 11.1 Å². The van der Waals surface area contributed by atoms with Crippen molar-refractivity contribution in [1.29, 1.82) is 0 Å².